The Bertz CT molecular complexity index is 754. The predicted octanol–water partition coefficient (Wildman–Crippen LogP) is 4.07. The molecule has 0 spiro atoms. The summed E-state index contributed by atoms with van der Waals surface area (Å²) in [7, 11) is 0. The minimum Gasteiger partial charge on any atom is -0.293 e. The fourth-order valence-electron chi connectivity index (χ4n) is 3.55. The Kier molecular flexibility index (Phi) is 2.29. The van der Waals surface area contributed by atoms with Crippen LogP contribution in [0.25, 0.3) is 6.08 Å². The van der Waals surface area contributed by atoms with E-state index in [1.165, 1.54) is 22.3 Å². The van der Waals surface area contributed by atoms with E-state index in [0.717, 1.165) is 18.4 Å². The molecule has 2 aliphatic rings. The first-order chi connectivity index (χ1) is 9.68. The fraction of sp³-hybridized carbons (Fsp3) is 0.211. The highest BCUT2D eigenvalue weighted by atomic mass is 16.1. The van der Waals surface area contributed by atoms with E-state index in [9.17, 15) is 4.79 Å². The topological polar surface area (TPSA) is 17.1 Å². The van der Waals surface area contributed by atoms with Crippen molar-refractivity contribution in [1.29, 1.82) is 0 Å². The minimum atomic E-state index is -0.358. The van der Waals surface area contributed by atoms with Gasteiger partial charge in [0, 0.05) is 5.56 Å². The van der Waals surface area contributed by atoms with Gasteiger partial charge in [0.15, 0.2) is 5.78 Å². The number of benzene rings is 2. The van der Waals surface area contributed by atoms with Crippen LogP contribution in [-0.4, -0.2) is 5.78 Å². The summed E-state index contributed by atoms with van der Waals surface area (Å²) in [5, 5.41) is 0. The van der Waals surface area contributed by atoms with E-state index >= 15 is 0 Å². The summed E-state index contributed by atoms with van der Waals surface area (Å²) < 4.78 is 0. The monoisotopic (exact) mass is 260 g/mol. The Morgan fingerprint density at radius 2 is 1.65 bits per heavy atom. The van der Waals surface area contributed by atoms with E-state index in [-0.39, 0.29) is 11.2 Å². The highest BCUT2D eigenvalue weighted by molar-refractivity contribution is 6.07. The second kappa shape index (κ2) is 3.92. The van der Waals surface area contributed by atoms with Crippen LogP contribution in [0.4, 0.5) is 0 Å². The van der Waals surface area contributed by atoms with E-state index in [1.54, 1.807) is 0 Å². The molecule has 0 aliphatic heterocycles. The molecule has 0 bridgehead atoms. The largest absolute Gasteiger partial charge is 0.293 e. The quantitative estimate of drug-likeness (QED) is 0.755. The van der Waals surface area contributed by atoms with Crippen molar-refractivity contribution in [3.05, 3.63) is 76.4 Å². The Hall–Kier alpha value is -2.15. The molecular weight excluding hydrogens is 244 g/mol. The average Bonchev–Trinajstić information content (AvgIpc) is 3.01. The van der Waals surface area contributed by atoms with Gasteiger partial charge in [-0.2, -0.15) is 0 Å². The molecule has 0 aromatic heterocycles. The lowest BCUT2D eigenvalue weighted by molar-refractivity contribution is 0.0880. The van der Waals surface area contributed by atoms with Crippen LogP contribution >= 0.6 is 0 Å². The maximum Gasteiger partial charge on any atom is 0.173 e. The number of rotatable bonds is 1. The highest BCUT2D eigenvalue weighted by Gasteiger charge is 2.44. The van der Waals surface area contributed by atoms with E-state index in [2.05, 4.69) is 43.3 Å². The van der Waals surface area contributed by atoms with Crippen molar-refractivity contribution in [3.63, 3.8) is 0 Å². The lowest BCUT2D eigenvalue weighted by Gasteiger charge is -2.23. The molecule has 2 aliphatic carbocycles. The fourth-order valence-corrected chi connectivity index (χ4v) is 3.55. The minimum absolute atomic E-state index is 0.284. The molecule has 1 nitrogen and oxygen atoms in total. The summed E-state index contributed by atoms with van der Waals surface area (Å²) in [6.07, 6.45) is 3.97. The van der Waals surface area contributed by atoms with Gasteiger partial charge in [-0.25, -0.2) is 0 Å². The molecule has 0 radical (unpaired) electrons. The molecule has 1 unspecified atom stereocenters. The number of hydrogen-bond donors (Lipinski definition) is 0. The maximum atomic E-state index is 12.8. The second-order valence-electron chi connectivity index (χ2n) is 6.04. The first kappa shape index (κ1) is 11.7. The van der Waals surface area contributed by atoms with E-state index in [0.29, 0.717) is 0 Å². The van der Waals surface area contributed by atoms with Gasteiger partial charge in [0.1, 0.15) is 0 Å². The summed E-state index contributed by atoms with van der Waals surface area (Å²) in [4.78, 5) is 12.8. The summed E-state index contributed by atoms with van der Waals surface area (Å²) in [6, 6.07) is 16.5. The summed E-state index contributed by atoms with van der Waals surface area (Å²) >= 11 is 0. The van der Waals surface area contributed by atoms with Gasteiger partial charge in [-0.15, -0.1) is 0 Å². The molecule has 0 saturated heterocycles. The number of carbonyl (C=O) groups excluding carboxylic acids is 1. The Morgan fingerprint density at radius 3 is 2.40 bits per heavy atom. The first-order valence-corrected chi connectivity index (χ1v) is 7.10. The normalized spacial score (nSPS) is 23.4. The van der Waals surface area contributed by atoms with Gasteiger partial charge >= 0.3 is 0 Å². The van der Waals surface area contributed by atoms with Crippen LogP contribution in [0, 0.1) is 5.41 Å². The molecule has 0 heterocycles. The maximum absolute atomic E-state index is 12.8. The van der Waals surface area contributed by atoms with Crippen molar-refractivity contribution in [3.8, 4) is 0 Å². The Labute approximate surface area is 119 Å². The molecule has 0 N–H and O–H groups in total. The van der Waals surface area contributed by atoms with Crippen LogP contribution in [0.15, 0.2) is 54.1 Å². The summed E-state index contributed by atoms with van der Waals surface area (Å²) in [6.45, 7) is 2.10. The van der Waals surface area contributed by atoms with Gasteiger partial charge in [-0.3, -0.25) is 4.79 Å². The smallest absolute Gasteiger partial charge is 0.173 e. The zero-order valence-electron chi connectivity index (χ0n) is 11.5. The first-order valence-electron chi connectivity index (χ1n) is 7.10. The van der Waals surface area contributed by atoms with Crippen molar-refractivity contribution in [2.24, 2.45) is 5.41 Å². The molecular formula is C19H16O. The lowest BCUT2D eigenvalue weighted by atomic mass is 9.77. The lowest BCUT2D eigenvalue weighted by Crippen LogP contribution is -2.26. The molecule has 2 aromatic rings. The molecule has 0 amide bonds. The third-order valence-electron chi connectivity index (χ3n) is 4.78. The molecule has 0 saturated carbocycles. The molecule has 2 aromatic carbocycles. The van der Waals surface area contributed by atoms with Gasteiger partial charge in [0.05, 0.1) is 5.41 Å². The van der Waals surface area contributed by atoms with Crippen LogP contribution in [0.3, 0.4) is 0 Å². The van der Waals surface area contributed by atoms with Crippen molar-refractivity contribution < 1.29 is 4.79 Å². The zero-order valence-corrected chi connectivity index (χ0v) is 11.5. The number of allylic oxidation sites excluding steroid dienone is 1. The number of carbonyl (C=O) groups is 1. The van der Waals surface area contributed by atoms with Crippen LogP contribution in [0.1, 0.15) is 34.0 Å². The average molecular weight is 260 g/mol. The molecule has 1 heteroatoms. The standard InChI is InChI=1S/C19H16O/c1-19(12-15-8-4-5-9-17(15)18(19)20)16-10-13-6-2-3-7-14(13)11-16/h2-10H,11-12H2,1H3. The van der Waals surface area contributed by atoms with E-state index < -0.39 is 0 Å². The number of hydrogen-bond acceptors (Lipinski definition) is 1. The highest BCUT2D eigenvalue weighted by Crippen LogP contribution is 2.46. The predicted molar refractivity (Wildman–Crippen MR) is 80.7 cm³/mol. The second-order valence-corrected chi connectivity index (χ2v) is 6.04. The molecule has 1 atom stereocenters. The van der Waals surface area contributed by atoms with Gasteiger partial charge in [-0.1, -0.05) is 60.2 Å². The number of fused-ring (bicyclic) bond motifs is 2. The molecule has 0 fully saturated rings. The van der Waals surface area contributed by atoms with Gasteiger partial charge < -0.3 is 0 Å². The van der Waals surface area contributed by atoms with Gasteiger partial charge in [0.2, 0.25) is 0 Å². The summed E-state index contributed by atoms with van der Waals surface area (Å²) in [5.74, 6) is 0.284. The SMILES string of the molecule is CC1(C2=Cc3ccccc3C2)Cc2ccccc2C1=O. The molecule has 4 rings (SSSR count). The van der Waals surface area contributed by atoms with Gasteiger partial charge in [-0.05, 0) is 36.5 Å². The molecule has 98 valence electrons. The van der Waals surface area contributed by atoms with Crippen molar-refractivity contribution in [2.45, 2.75) is 19.8 Å². The Morgan fingerprint density at radius 1 is 0.950 bits per heavy atom. The summed E-state index contributed by atoms with van der Waals surface area (Å²) in [5.41, 5.74) is 5.62. The van der Waals surface area contributed by atoms with Gasteiger partial charge in [0.25, 0.3) is 0 Å². The van der Waals surface area contributed by atoms with Crippen LogP contribution in [0.5, 0.6) is 0 Å². The third-order valence-corrected chi connectivity index (χ3v) is 4.78. The van der Waals surface area contributed by atoms with Crippen LogP contribution in [0.2, 0.25) is 0 Å². The number of Topliss-reactive ketones (excluding diaryl/α,β-unsaturated/α-hetero) is 1. The Balaban J connectivity index is 1.77. The third kappa shape index (κ3) is 1.46. The van der Waals surface area contributed by atoms with E-state index in [4.69, 9.17) is 0 Å². The van der Waals surface area contributed by atoms with Crippen LogP contribution in [-0.2, 0) is 12.8 Å². The molecule has 20 heavy (non-hydrogen) atoms. The number of ketones is 1. The van der Waals surface area contributed by atoms with Crippen molar-refractivity contribution in [1.82, 2.24) is 0 Å². The zero-order chi connectivity index (χ0) is 13.7. The van der Waals surface area contributed by atoms with Crippen molar-refractivity contribution in [2.75, 3.05) is 0 Å². The van der Waals surface area contributed by atoms with Crippen LogP contribution < -0.4 is 0 Å². The van der Waals surface area contributed by atoms with E-state index in [1.807, 2.05) is 18.2 Å². The van der Waals surface area contributed by atoms with Crippen molar-refractivity contribution >= 4 is 11.9 Å².